The summed E-state index contributed by atoms with van der Waals surface area (Å²) in [7, 11) is 0. The number of para-hydroxylation sites is 1. The molecule has 0 fully saturated rings. The molecule has 26 heavy (non-hydrogen) atoms. The van der Waals surface area contributed by atoms with Gasteiger partial charge < -0.3 is 9.30 Å². The van der Waals surface area contributed by atoms with Crippen LogP contribution >= 0.6 is 34.5 Å². The average molecular weight is 413 g/mol. The Balaban J connectivity index is 2.12. The number of rotatable bonds is 5. The van der Waals surface area contributed by atoms with Crippen molar-refractivity contribution in [1.82, 2.24) is 4.57 Å². The highest BCUT2D eigenvalue weighted by atomic mass is 35.5. The number of amides is 1. The van der Waals surface area contributed by atoms with Crippen molar-refractivity contribution in [1.29, 1.82) is 0 Å². The van der Waals surface area contributed by atoms with Gasteiger partial charge in [-0.1, -0.05) is 40.6 Å². The first-order valence-electron chi connectivity index (χ1n) is 7.91. The van der Waals surface area contributed by atoms with Gasteiger partial charge in [0.25, 0.3) is 5.91 Å². The summed E-state index contributed by atoms with van der Waals surface area (Å²) in [5.74, 6) is -0.903. The molecule has 3 aromatic rings. The van der Waals surface area contributed by atoms with Crippen molar-refractivity contribution in [3.63, 3.8) is 0 Å². The Morgan fingerprint density at radius 3 is 2.88 bits per heavy atom. The summed E-state index contributed by atoms with van der Waals surface area (Å²) in [6.45, 7) is 3.20. The van der Waals surface area contributed by atoms with Gasteiger partial charge in [0.1, 0.15) is 5.82 Å². The maximum atomic E-state index is 14.3. The topological polar surface area (TPSA) is 43.6 Å². The molecule has 0 atom stereocenters. The van der Waals surface area contributed by atoms with Crippen LogP contribution in [0.4, 0.5) is 4.39 Å². The number of thiazole rings is 1. The minimum absolute atomic E-state index is 0.202. The normalized spacial score (nSPS) is 12.1. The lowest BCUT2D eigenvalue weighted by molar-refractivity contribution is 0.0996. The zero-order chi connectivity index (χ0) is 18.7. The van der Waals surface area contributed by atoms with E-state index in [-0.39, 0.29) is 16.4 Å². The molecule has 0 aliphatic rings. The van der Waals surface area contributed by atoms with Gasteiger partial charge in [-0.25, -0.2) is 4.39 Å². The summed E-state index contributed by atoms with van der Waals surface area (Å²) in [6, 6.07) is 9.40. The van der Waals surface area contributed by atoms with E-state index in [2.05, 4.69) is 4.99 Å². The van der Waals surface area contributed by atoms with Crippen LogP contribution in [0.25, 0.3) is 10.2 Å². The lowest BCUT2D eigenvalue weighted by Gasteiger charge is -2.06. The first kappa shape index (κ1) is 19.0. The van der Waals surface area contributed by atoms with Crippen LogP contribution in [-0.2, 0) is 11.3 Å². The monoisotopic (exact) mass is 412 g/mol. The van der Waals surface area contributed by atoms with Gasteiger partial charge in [0.05, 0.1) is 27.4 Å². The summed E-state index contributed by atoms with van der Waals surface area (Å²) < 4.78 is 22.1. The number of carbonyl (C=O) groups excluding carboxylic acids is 1. The maximum Gasteiger partial charge on any atom is 0.281 e. The van der Waals surface area contributed by atoms with Crippen molar-refractivity contribution in [3.8, 4) is 0 Å². The van der Waals surface area contributed by atoms with Crippen LogP contribution in [0.5, 0.6) is 0 Å². The molecule has 0 aliphatic carbocycles. The van der Waals surface area contributed by atoms with E-state index in [1.807, 2.05) is 6.92 Å². The fourth-order valence-electron chi connectivity index (χ4n) is 2.49. The molecule has 2 aromatic carbocycles. The fourth-order valence-corrected chi connectivity index (χ4v) is 3.93. The highest BCUT2D eigenvalue weighted by molar-refractivity contribution is 7.16. The van der Waals surface area contributed by atoms with E-state index in [0.29, 0.717) is 39.8 Å². The third-order valence-corrected chi connectivity index (χ3v) is 5.28. The molecule has 0 radical (unpaired) electrons. The molecule has 0 unspecified atom stereocenters. The van der Waals surface area contributed by atoms with Crippen molar-refractivity contribution >= 4 is 50.7 Å². The molecule has 0 saturated carbocycles. The van der Waals surface area contributed by atoms with Crippen LogP contribution in [0.15, 0.2) is 41.4 Å². The van der Waals surface area contributed by atoms with Crippen LogP contribution in [0, 0.1) is 5.82 Å². The minimum Gasteiger partial charge on any atom is -0.380 e. The van der Waals surface area contributed by atoms with Gasteiger partial charge in [0, 0.05) is 18.2 Å². The predicted octanol–water partition coefficient (Wildman–Crippen LogP) is 4.93. The summed E-state index contributed by atoms with van der Waals surface area (Å²) >= 11 is 13.3. The number of fused-ring (bicyclic) bond motifs is 1. The fraction of sp³-hybridized carbons (Fsp3) is 0.222. The van der Waals surface area contributed by atoms with Crippen LogP contribution < -0.4 is 4.80 Å². The summed E-state index contributed by atoms with van der Waals surface area (Å²) in [5, 5.41) is 0.649. The number of aromatic nitrogens is 1. The number of nitrogens with zero attached hydrogens (tertiary/aromatic N) is 2. The van der Waals surface area contributed by atoms with E-state index < -0.39 is 5.91 Å². The highest BCUT2D eigenvalue weighted by Gasteiger charge is 2.14. The van der Waals surface area contributed by atoms with Crippen molar-refractivity contribution in [2.24, 2.45) is 4.99 Å². The van der Waals surface area contributed by atoms with Crippen molar-refractivity contribution in [2.45, 2.75) is 13.5 Å². The lowest BCUT2D eigenvalue weighted by Crippen LogP contribution is -2.20. The van der Waals surface area contributed by atoms with Crippen LogP contribution in [0.2, 0.25) is 10.0 Å². The average Bonchev–Trinajstić information content (AvgIpc) is 2.96. The molecule has 4 nitrogen and oxygen atoms in total. The molecule has 1 aromatic heterocycles. The van der Waals surface area contributed by atoms with Gasteiger partial charge in [0.2, 0.25) is 0 Å². The van der Waals surface area contributed by atoms with Crippen molar-refractivity contribution < 1.29 is 13.9 Å². The Morgan fingerprint density at radius 2 is 2.12 bits per heavy atom. The Bertz CT molecular complexity index is 1030. The van der Waals surface area contributed by atoms with Crippen LogP contribution in [0.1, 0.15) is 17.3 Å². The molecule has 0 saturated heterocycles. The van der Waals surface area contributed by atoms with Crippen molar-refractivity contribution in [3.05, 3.63) is 62.6 Å². The molecule has 0 N–H and O–H groups in total. The second-order valence-electron chi connectivity index (χ2n) is 5.36. The maximum absolute atomic E-state index is 14.3. The van der Waals surface area contributed by atoms with E-state index in [4.69, 9.17) is 27.9 Å². The Labute approximate surface area is 163 Å². The number of benzene rings is 2. The quantitative estimate of drug-likeness (QED) is 0.557. The number of halogens is 3. The second-order valence-corrected chi connectivity index (χ2v) is 7.21. The summed E-state index contributed by atoms with van der Waals surface area (Å²) in [4.78, 5) is 17.1. The smallest absolute Gasteiger partial charge is 0.281 e. The van der Waals surface area contributed by atoms with E-state index >= 15 is 0 Å². The zero-order valence-corrected chi connectivity index (χ0v) is 16.2. The first-order valence-corrected chi connectivity index (χ1v) is 9.48. The van der Waals surface area contributed by atoms with Gasteiger partial charge in [0.15, 0.2) is 4.80 Å². The molecule has 1 heterocycles. The van der Waals surface area contributed by atoms with Crippen LogP contribution in [0.3, 0.4) is 0 Å². The second kappa shape index (κ2) is 8.31. The molecule has 3 rings (SSSR count). The zero-order valence-electron chi connectivity index (χ0n) is 13.8. The highest BCUT2D eigenvalue weighted by Crippen LogP contribution is 2.23. The molecular formula is C18H15Cl2FN2O2S. The van der Waals surface area contributed by atoms with Gasteiger partial charge >= 0.3 is 0 Å². The number of carbonyl (C=O) groups is 1. The van der Waals surface area contributed by atoms with E-state index in [1.165, 1.54) is 23.5 Å². The van der Waals surface area contributed by atoms with E-state index in [0.717, 1.165) is 0 Å². The summed E-state index contributed by atoms with van der Waals surface area (Å²) in [5.41, 5.74) is 0.606. The van der Waals surface area contributed by atoms with E-state index in [1.54, 1.807) is 28.8 Å². The van der Waals surface area contributed by atoms with Crippen molar-refractivity contribution in [2.75, 3.05) is 13.2 Å². The SMILES string of the molecule is CCOCCn1c(=NC(=O)c2cc(Cl)ccc2Cl)sc2cccc(F)c21. The number of hydrogen-bond acceptors (Lipinski definition) is 3. The molecule has 0 bridgehead atoms. The first-order chi connectivity index (χ1) is 12.5. The van der Waals surface area contributed by atoms with E-state index in [9.17, 15) is 9.18 Å². The van der Waals surface area contributed by atoms with Gasteiger partial charge in [-0.3, -0.25) is 4.79 Å². The third kappa shape index (κ3) is 3.99. The molecule has 0 spiro atoms. The van der Waals surface area contributed by atoms with Crippen LogP contribution in [-0.4, -0.2) is 23.7 Å². The van der Waals surface area contributed by atoms with Gasteiger partial charge in [-0.15, -0.1) is 0 Å². The lowest BCUT2D eigenvalue weighted by atomic mass is 10.2. The predicted molar refractivity (Wildman–Crippen MR) is 103 cm³/mol. The molecule has 8 heteroatoms. The Hall–Kier alpha value is -1.73. The standard InChI is InChI=1S/C18H15Cl2FN2O2S/c1-2-25-9-8-23-16-14(21)4-3-5-15(16)26-18(23)22-17(24)12-10-11(19)6-7-13(12)20/h3-7,10H,2,8-9H2,1H3. The molecule has 1 amide bonds. The minimum atomic E-state index is -0.533. The number of hydrogen-bond donors (Lipinski definition) is 0. The Morgan fingerprint density at radius 1 is 1.31 bits per heavy atom. The Kier molecular flexibility index (Phi) is 6.09. The van der Waals surface area contributed by atoms with Gasteiger partial charge in [-0.05, 0) is 37.3 Å². The summed E-state index contributed by atoms with van der Waals surface area (Å²) in [6.07, 6.45) is 0. The molecule has 136 valence electrons. The van der Waals surface area contributed by atoms with Gasteiger partial charge in [-0.2, -0.15) is 4.99 Å². The third-order valence-electron chi connectivity index (χ3n) is 3.67. The largest absolute Gasteiger partial charge is 0.380 e. The molecular weight excluding hydrogens is 398 g/mol. The molecule has 0 aliphatic heterocycles. The number of ether oxygens (including phenoxy) is 1.